The van der Waals surface area contributed by atoms with Crippen molar-refractivity contribution in [3.63, 3.8) is 0 Å². The summed E-state index contributed by atoms with van der Waals surface area (Å²) in [6, 6.07) is 8.75. The molecule has 4 rings (SSSR count). The summed E-state index contributed by atoms with van der Waals surface area (Å²) >= 11 is 0. The third kappa shape index (κ3) is 3.51. The molecule has 1 N–H and O–H groups in total. The van der Waals surface area contributed by atoms with Gasteiger partial charge in [0.25, 0.3) is 0 Å². The van der Waals surface area contributed by atoms with Crippen LogP contribution in [0, 0.1) is 18.3 Å². The summed E-state index contributed by atoms with van der Waals surface area (Å²) in [5.74, 6) is 1.01. The van der Waals surface area contributed by atoms with E-state index in [0.717, 1.165) is 25.9 Å². The molecule has 3 fully saturated rings. The number of amides is 2. The van der Waals surface area contributed by atoms with Crippen LogP contribution in [0.25, 0.3) is 0 Å². The number of ether oxygens (including phenoxy) is 1. The van der Waals surface area contributed by atoms with Crippen LogP contribution in [0.2, 0.25) is 0 Å². The lowest BCUT2D eigenvalue weighted by molar-refractivity contribution is -0.144. The highest BCUT2D eigenvalue weighted by Gasteiger charge is 2.50. The van der Waals surface area contributed by atoms with Gasteiger partial charge in [0.15, 0.2) is 0 Å². The summed E-state index contributed by atoms with van der Waals surface area (Å²) in [6.45, 7) is 5.97. The molecule has 0 aromatic heterocycles. The van der Waals surface area contributed by atoms with Crippen LogP contribution in [-0.2, 0) is 9.53 Å². The first-order chi connectivity index (χ1) is 13.3. The topological polar surface area (TPSA) is 58.6 Å². The smallest absolute Gasteiger partial charge is 0.407 e. The second-order valence-electron chi connectivity index (χ2n) is 9.57. The average molecular weight is 385 g/mol. The molecule has 5 nitrogen and oxygen atoms in total. The van der Waals surface area contributed by atoms with Gasteiger partial charge in [-0.05, 0) is 74.8 Å². The minimum Gasteiger partial charge on any atom is -0.453 e. The molecule has 1 spiro atoms. The maximum Gasteiger partial charge on any atom is 0.407 e. The highest BCUT2D eigenvalue weighted by molar-refractivity contribution is 5.81. The maximum absolute atomic E-state index is 12.9. The first-order valence-corrected chi connectivity index (χ1v) is 10.5. The maximum atomic E-state index is 12.9. The Morgan fingerprint density at radius 2 is 1.75 bits per heavy atom. The number of hydrogen-bond acceptors (Lipinski definition) is 3. The van der Waals surface area contributed by atoms with Gasteiger partial charge in [0, 0.05) is 24.5 Å². The average Bonchev–Trinajstić information content (AvgIpc) is 2.64. The van der Waals surface area contributed by atoms with E-state index in [1.165, 1.54) is 31.1 Å². The molecule has 1 heterocycles. The Balaban J connectivity index is 1.25. The molecule has 1 saturated heterocycles. The summed E-state index contributed by atoms with van der Waals surface area (Å²) in [4.78, 5) is 26.3. The number of rotatable bonds is 3. The van der Waals surface area contributed by atoms with E-state index < -0.39 is 6.09 Å². The fourth-order valence-electron chi connectivity index (χ4n) is 5.72. The number of benzene rings is 1. The summed E-state index contributed by atoms with van der Waals surface area (Å²) < 4.78 is 4.68. The van der Waals surface area contributed by atoms with Crippen LogP contribution in [0.3, 0.4) is 0 Å². The van der Waals surface area contributed by atoms with E-state index in [0.29, 0.717) is 24.2 Å². The lowest BCUT2D eigenvalue weighted by Gasteiger charge is -2.54. The van der Waals surface area contributed by atoms with Crippen LogP contribution in [0.4, 0.5) is 4.79 Å². The second-order valence-corrected chi connectivity index (χ2v) is 9.57. The largest absolute Gasteiger partial charge is 0.453 e. The molecular formula is C23H32N2O3. The van der Waals surface area contributed by atoms with Crippen LogP contribution in [0.15, 0.2) is 24.3 Å². The molecule has 28 heavy (non-hydrogen) atoms. The van der Waals surface area contributed by atoms with Crippen molar-refractivity contribution in [3.8, 4) is 0 Å². The molecule has 0 radical (unpaired) electrons. The minimum absolute atomic E-state index is 0.0392. The van der Waals surface area contributed by atoms with Gasteiger partial charge in [0.1, 0.15) is 0 Å². The number of carbonyl (C=O) groups is 2. The number of hydrogen-bond donors (Lipinski definition) is 1. The number of nitrogens with one attached hydrogen (secondary N) is 1. The number of nitrogens with zero attached hydrogens (tertiary/aromatic N) is 1. The third-order valence-corrected chi connectivity index (χ3v) is 7.46. The molecule has 2 saturated carbocycles. The van der Waals surface area contributed by atoms with Gasteiger partial charge in [-0.25, -0.2) is 4.79 Å². The Hall–Kier alpha value is -2.04. The molecule has 1 aromatic carbocycles. The lowest BCUT2D eigenvalue weighted by atomic mass is 9.55. The summed E-state index contributed by atoms with van der Waals surface area (Å²) in [6.07, 6.45) is 5.79. The quantitative estimate of drug-likeness (QED) is 0.857. The molecule has 0 bridgehead atoms. The van der Waals surface area contributed by atoms with Crippen LogP contribution in [0.1, 0.15) is 62.5 Å². The molecule has 2 aliphatic carbocycles. The Labute approximate surface area is 167 Å². The van der Waals surface area contributed by atoms with E-state index in [2.05, 4.69) is 46.1 Å². The summed E-state index contributed by atoms with van der Waals surface area (Å²) in [5.41, 5.74) is 3.06. The van der Waals surface area contributed by atoms with Gasteiger partial charge in [-0.2, -0.15) is 0 Å². The predicted octanol–water partition coefficient (Wildman–Crippen LogP) is 4.01. The van der Waals surface area contributed by atoms with E-state index in [1.54, 1.807) is 0 Å². The Morgan fingerprint density at radius 1 is 1.11 bits per heavy atom. The van der Waals surface area contributed by atoms with Crippen LogP contribution >= 0.6 is 0 Å². The first kappa shape index (κ1) is 19.3. The van der Waals surface area contributed by atoms with Crippen molar-refractivity contribution in [2.75, 3.05) is 20.2 Å². The fourth-order valence-corrected chi connectivity index (χ4v) is 5.72. The van der Waals surface area contributed by atoms with E-state index >= 15 is 0 Å². The number of aryl methyl sites for hydroxylation is 1. The zero-order chi connectivity index (χ0) is 19.9. The van der Waals surface area contributed by atoms with Gasteiger partial charge in [0.05, 0.1) is 7.11 Å². The van der Waals surface area contributed by atoms with Crippen molar-refractivity contribution in [1.29, 1.82) is 0 Å². The number of methoxy groups -OCH3 is 1. The van der Waals surface area contributed by atoms with Gasteiger partial charge in [-0.1, -0.05) is 24.3 Å². The van der Waals surface area contributed by atoms with Crippen LogP contribution in [0.5, 0.6) is 0 Å². The first-order valence-electron chi connectivity index (χ1n) is 10.5. The fraction of sp³-hybridized carbons (Fsp3) is 0.652. The van der Waals surface area contributed by atoms with Gasteiger partial charge in [0.2, 0.25) is 5.91 Å². The van der Waals surface area contributed by atoms with Crippen molar-refractivity contribution in [1.82, 2.24) is 10.2 Å². The number of alkyl carbamates (subject to hydrolysis) is 1. The van der Waals surface area contributed by atoms with E-state index in [-0.39, 0.29) is 17.4 Å². The van der Waals surface area contributed by atoms with Crippen molar-refractivity contribution in [3.05, 3.63) is 35.4 Å². The highest BCUT2D eigenvalue weighted by Crippen LogP contribution is 2.57. The number of carbonyl (C=O) groups excluding carboxylic acids is 2. The number of likely N-dealkylation sites (tertiary alicyclic amines) is 1. The van der Waals surface area contributed by atoms with Crippen molar-refractivity contribution in [2.24, 2.45) is 11.3 Å². The Morgan fingerprint density at radius 3 is 2.36 bits per heavy atom. The standard InChI is InChI=1S/C23H32N2O3/c1-16-6-4-5-7-19(16)17-14-23(15-17)8-10-25(11-9-23)20(26)18-12-22(2,13-18)24-21(27)28-3/h4-7,17-18H,8-15H2,1-3H3,(H,24,27). The van der Waals surface area contributed by atoms with Crippen LogP contribution in [-0.4, -0.2) is 42.6 Å². The molecule has 0 atom stereocenters. The Kier molecular flexibility index (Phi) is 4.88. The molecule has 1 aromatic rings. The predicted molar refractivity (Wildman–Crippen MR) is 108 cm³/mol. The second kappa shape index (κ2) is 7.09. The molecular weight excluding hydrogens is 352 g/mol. The van der Waals surface area contributed by atoms with Crippen molar-refractivity contribution in [2.45, 2.75) is 63.8 Å². The van der Waals surface area contributed by atoms with Gasteiger partial charge < -0.3 is 15.0 Å². The zero-order valence-corrected chi connectivity index (χ0v) is 17.3. The van der Waals surface area contributed by atoms with Crippen molar-refractivity contribution >= 4 is 12.0 Å². The van der Waals surface area contributed by atoms with E-state index in [1.807, 2.05) is 6.92 Å². The number of piperidine rings is 1. The minimum atomic E-state index is -0.415. The molecule has 0 unspecified atom stereocenters. The molecule has 1 aliphatic heterocycles. The zero-order valence-electron chi connectivity index (χ0n) is 17.3. The molecule has 5 heteroatoms. The molecule has 2 amide bonds. The van der Waals surface area contributed by atoms with Gasteiger partial charge in [-0.15, -0.1) is 0 Å². The van der Waals surface area contributed by atoms with Crippen molar-refractivity contribution < 1.29 is 14.3 Å². The molecule has 3 aliphatic rings. The van der Waals surface area contributed by atoms with E-state index in [4.69, 9.17) is 0 Å². The van der Waals surface area contributed by atoms with Gasteiger partial charge in [-0.3, -0.25) is 4.79 Å². The van der Waals surface area contributed by atoms with Crippen LogP contribution < -0.4 is 5.32 Å². The SMILES string of the molecule is COC(=O)NC1(C)CC(C(=O)N2CCC3(CC2)CC(c2ccccc2C)C3)C1. The Bertz CT molecular complexity index is 753. The normalized spacial score (nSPS) is 29.0. The third-order valence-electron chi connectivity index (χ3n) is 7.46. The molecule has 152 valence electrons. The summed E-state index contributed by atoms with van der Waals surface area (Å²) in [5, 5.41) is 2.85. The monoisotopic (exact) mass is 384 g/mol. The van der Waals surface area contributed by atoms with E-state index in [9.17, 15) is 9.59 Å². The summed E-state index contributed by atoms with van der Waals surface area (Å²) in [7, 11) is 1.37. The van der Waals surface area contributed by atoms with Gasteiger partial charge >= 0.3 is 6.09 Å². The highest BCUT2D eigenvalue weighted by atomic mass is 16.5. The lowest BCUT2D eigenvalue weighted by Crippen LogP contribution is -2.59.